The number of nitrogens with zero attached hydrogens (tertiary/aromatic N) is 2. The van der Waals surface area contributed by atoms with Gasteiger partial charge in [-0.1, -0.05) is 56.3 Å². The molecule has 13 nitrogen and oxygen atoms in total. The van der Waals surface area contributed by atoms with E-state index in [1.807, 2.05) is 56.3 Å². The van der Waals surface area contributed by atoms with Crippen LogP contribution in [0.4, 0.5) is 4.79 Å². The van der Waals surface area contributed by atoms with Crippen molar-refractivity contribution in [3.8, 4) is 23.3 Å². The molecular weight excluding hydrogens is 678 g/mol. The van der Waals surface area contributed by atoms with Crippen molar-refractivity contribution in [1.82, 2.24) is 9.62 Å². The lowest BCUT2D eigenvalue weighted by molar-refractivity contribution is -0.151. The Labute approximate surface area is 299 Å². The molecule has 0 spiro atoms. The number of amides is 1. The average molecular weight is 724 g/mol. The van der Waals surface area contributed by atoms with Gasteiger partial charge in [-0.25, -0.2) is 13.2 Å². The summed E-state index contributed by atoms with van der Waals surface area (Å²) in [6, 6.07) is 22.6. The summed E-state index contributed by atoms with van der Waals surface area (Å²) >= 11 is 0. The number of rotatable bonds is 17. The van der Waals surface area contributed by atoms with E-state index >= 15 is 0 Å². The summed E-state index contributed by atoms with van der Waals surface area (Å²) in [5.74, 6) is 1.38. The van der Waals surface area contributed by atoms with E-state index in [9.17, 15) is 18.3 Å². The molecule has 0 bridgehead atoms. The largest absolute Gasteiger partial charge is 0.489 e. The first-order chi connectivity index (χ1) is 24.5. The highest BCUT2D eigenvalue weighted by atomic mass is 32.2. The fraction of sp³-hybridized carbons (Fsp3) is 0.459. The number of carbonyl (C=O) groups excluding carboxylic acids is 1. The Kier molecular flexibility index (Phi) is 13.1. The SMILES string of the molecule is CC(C)(CCCC#N)CN(C[C@@H](O)[C@H](Cc1ccc(OCc2ccccc2)cc1)NC(=O)OC1COCOC1)S(=O)(=O)c1ccc2c(c1)OCO2. The third-order valence-electron chi connectivity index (χ3n) is 8.56. The van der Waals surface area contributed by atoms with Crippen LogP contribution in [-0.4, -0.2) is 82.1 Å². The number of fused-ring (bicyclic) bond motifs is 1. The molecule has 14 heteroatoms. The summed E-state index contributed by atoms with van der Waals surface area (Å²) < 4.78 is 62.5. The summed E-state index contributed by atoms with van der Waals surface area (Å²) in [7, 11) is -4.19. The van der Waals surface area contributed by atoms with Crippen LogP contribution >= 0.6 is 0 Å². The smallest absolute Gasteiger partial charge is 0.407 e. The summed E-state index contributed by atoms with van der Waals surface area (Å²) in [5.41, 5.74) is 1.23. The minimum absolute atomic E-state index is 0.0180. The minimum Gasteiger partial charge on any atom is -0.489 e. The van der Waals surface area contributed by atoms with Crippen molar-refractivity contribution in [3.05, 3.63) is 83.9 Å². The normalized spacial score (nSPS) is 15.9. The molecule has 2 N–H and O–H groups in total. The van der Waals surface area contributed by atoms with E-state index in [1.165, 1.54) is 22.5 Å². The highest BCUT2D eigenvalue weighted by molar-refractivity contribution is 7.89. The van der Waals surface area contributed by atoms with Crippen molar-refractivity contribution >= 4 is 16.1 Å². The van der Waals surface area contributed by atoms with E-state index in [0.29, 0.717) is 43.1 Å². The molecule has 0 radical (unpaired) electrons. The molecule has 3 aromatic rings. The van der Waals surface area contributed by atoms with Gasteiger partial charge in [0.05, 0.1) is 36.3 Å². The van der Waals surface area contributed by atoms with E-state index in [-0.39, 0.29) is 51.2 Å². The topological polar surface area (TPSA) is 166 Å². The van der Waals surface area contributed by atoms with E-state index in [0.717, 1.165) is 11.1 Å². The Morgan fingerprint density at radius 1 is 1.02 bits per heavy atom. The number of benzene rings is 3. The monoisotopic (exact) mass is 723 g/mol. The molecule has 51 heavy (non-hydrogen) atoms. The van der Waals surface area contributed by atoms with E-state index in [1.54, 1.807) is 12.1 Å². The zero-order valence-electron chi connectivity index (χ0n) is 28.9. The van der Waals surface area contributed by atoms with E-state index < -0.39 is 39.8 Å². The molecule has 274 valence electrons. The number of unbranched alkanes of at least 4 members (excludes halogenated alkanes) is 1. The van der Waals surface area contributed by atoms with Crippen LogP contribution in [0.15, 0.2) is 77.7 Å². The van der Waals surface area contributed by atoms with E-state index in [2.05, 4.69) is 11.4 Å². The van der Waals surface area contributed by atoms with Gasteiger partial charge in [0.25, 0.3) is 0 Å². The number of sulfonamides is 1. The fourth-order valence-corrected chi connectivity index (χ4v) is 7.51. The van der Waals surface area contributed by atoms with Crippen LogP contribution < -0.4 is 19.5 Å². The Morgan fingerprint density at radius 3 is 2.47 bits per heavy atom. The maximum atomic E-state index is 14.3. The van der Waals surface area contributed by atoms with Gasteiger partial charge >= 0.3 is 6.09 Å². The van der Waals surface area contributed by atoms with Crippen molar-refractivity contribution in [2.75, 3.05) is 39.9 Å². The molecule has 0 saturated carbocycles. The van der Waals surface area contributed by atoms with Crippen LogP contribution in [0.2, 0.25) is 0 Å². The van der Waals surface area contributed by atoms with Gasteiger partial charge in [-0.05, 0) is 60.1 Å². The Balaban J connectivity index is 1.36. The third kappa shape index (κ3) is 11.0. The van der Waals surface area contributed by atoms with Gasteiger partial charge in [0.1, 0.15) is 19.1 Å². The van der Waals surface area contributed by atoms with Crippen LogP contribution in [0.5, 0.6) is 17.2 Å². The molecule has 1 fully saturated rings. The lowest BCUT2D eigenvalue weighted by Gasteiger charge is -2.35. The van der Waals surface area contributed by atoms with Crippen LogP contribution in [0.3, 0.4) is 0 Å². The Morgan fingerprint density at radius 2 is 1.75 bits per heavy atom. The standard InChI is InChI=1S/C37H45N3O10S/c1-37(2,16-6-7-17-38)24-40(51(43,44)31-14-15-34-35(19-31)49-26-48-34)20-33(41)32(39-36(42)50-30-22-45-25-46-23-30)18-27-10-12-29(13-11-27)47-21-28-8-4-3-5-9-28/h3-5,8-15,19,30,32-33,41H,6-7,16,18,20-26H2,1-2H3,(H,39,42)/t32-,33+/m0/s1. The first-order valence-electron chi connectivity index (χ1n) is 16.9. The third-order valence-corrected chi connectivity index (χ3v) is 10.4. The molecule has 0 aromatic heterocycles. The zero-order valence-corrected chi connectivity index (χ0v) is 29.7. The van der Waals surface area contributed by atoms with Gasteiger partial charge in [0.15, 0.2) is 17.6 Å². The molecule has 1 amide bonds. The zero-order chi connectivity index (χ0) is 36.3. The first-order valence-corrected chi connectivity index (χ1v) is 18.3. The van der Waals surface area contributed by atoms with Crippen molar-refractivity contribution in [1.29, 1.82) is 5.26 Å². The number of nitriles is 1. The first kappa shape index (κ1) is 37.9. The molecule has 5 rings (SSSR count). The molecule has 2 heterocycles. The van der Waals surface area contributed by atoms with Crippen molar-refractivity contribution in [2.24, 2.45) is 5.41 Å². The summed E-state index contributed by atoms with van der Waals surface area (Å²) in [5, 5.41) is 23.6. The lowest BCUT2D eigenvalue weighted by atomic mass is 9.87. The maximum absolute atomic E-state index is 14.3. The quantitative estimate of drug-likeness (QED) is 0.184. The lowest BCUT2D eigenvalue weighted by Crippen LogP contribution is -2.52. The summed E-state index contributed by atoms with van der Waals surface area (Å²) in [6.45, 7) is 4.32. The van der Waals surface area contributed by atoms with Crippen LogP contribution in [0.1, 0.15) is 44.2 Å². The Bertz CT molecular complexity index is 1730. The summed E-state index contributed by atoms with van der Waals surface area (Å²) in [6.07, 6.45) is -1.18. The predicted molar refractivity (Wildman–Crippen MR) is 185 cm³/mol. The van der Waals surface area contributed by atoms with E-state index in [4.69, 9.17) is 33.7 Å². The number of hydrogen-bond donors (Lipinski definition) is 2. The number of ether oxygens (including phenoxy) is 6. The van der Waals surface area contributed by atoms with Gasteiger partial charge in [-0.15, -0.1) is 0 Å². The van der Waals surface area contributed by atoms with Crippen LogP contribution in [-0.2, 0) is 37.3 Å². The number of carbonyl (C=O) groups is 1. The molecule has 0 aliphatic carbocycles. The minimum atomic E-state index is -4.19. The van der Waals surface area contributed by atoms with Gasteiger partial charge in [-0.2, -0.15) is 9.57 Å². The molecule has 0 unspecified atom stereocenters. The molecule has 3 aromatic carbocycles. The highest BCUT2D eigenvalue weighted by Crippen LogP contribution is 2.36. The van der Waals surface area contributed by atoms with Crippen LogP contribution in [0.25, 0.3) is 0 Å². The maximum Gasteiger partial charge on any atom is 0.407 e. The number of hydrogen-bond acceptors (Lipinski definition) is 11. The van der Waals surface area contributed by atoms with Gasteiger partial charge < -0.3 is 38.8 Å². The second kappa shape index (κ2) is 17.7. The number of alkyl carbamates (subject to hydrolysis) is 1. The molecular formula is C37H45N3O10S. The van der Waals surface area contributed by atoms with Gasteiger partial charge in [0.2, 0.25) is 16.8 Å². The number of aliphatic hydroxyl groups is 1. The van der Waals surface area contributed by atoms with Crippen molar-refractivity contribution in [3.63, 3.8) is 0 Å². The Hall–Kier alpha value is -4.39. The second-order valence-electron chi connectivity index (χ2n) is 13.3. The predicted octanol–water partition coefficient (Wildman–Crippen LogP) is 4.78. The van der Waals surface area contributed by atoms with Crippen LogP contribution in [0, 0.1) is 16.7 Å². The molecule has 2 atom stereocenters. The highest BCUT2D eigenvalue weighted by Gasteiger charge is 2.36. The van der Waals surface area contributed by atoms with Gasteiger partial charge in [0, 0.05) is 25.6 Å². The van der Waals surface area contributed by atoms with Crippen molar-refractivity contribution in [2.45, 2.75) is 69.3 Å². The second-order valence-corrected chi connectivity index (χ2v) is 15.3. The average Bonchev–Trinajstić information content (AvgIpc) is 3.60. The molecule has 2 aliphatic rings. The van der Waals surface area contributed by atoms with Gasteiger partial charge in [-0.3, -0.25) is 0 Å². The number of aliphatic hydroxyl groups excluding tert-OH is 1. The summed E-state index contributed by atoms with van der Waals surface area (Å²) in [4.78, 5) is 13.1. The molecule has 1 saturated heterocycles. The fourth-order valence-electron chi connectivity index (χ4n) is 5.84. The van der Waals surface area contributed by atoms with Crippen molar-refractivity contribution < 1.29 is 46.7 Å². The molecule has 2 aliphatic heterocycles. The number of nitrogens with one attached hydrogen (secondary N) is 1.